The minimum atomic E-state index is -0.390. The summed E-state index contributed by atoms with van der Waals surface area (Å²) in [6.07, 6.45) is 0.376. The minimum Gasteiger partial charge on any atom is -0.339 e. The molecule has 2 N–H and O–H groups in total. The van der Waals surface area contributed by atoms with Crippen molar-refractivity contribution in [2.75, 3.05) is 12.4 Å². The maximum Gasteiger partial charge on any atom is 0.261 e. The number of hydrogen-bond acceptors (Lipinski definition) is 8. The molecule has 0 unspecified atom stereocenters. The molecule has 3 amide bonds. The number of nitrogens with zero attached hydrogens (tertiary/aromatic N) is 4. The van der Waals surface area contributed by atoms with Crippen LogP contribution in [0.5, 0.6) is 0 Å². The molecule has 34 heavy (non-hydrogen) atoms. The number of anilines is 1. The van der Waals surface area contributed by atoms with Crippen LogP contribution in [-0.4, -0.2) is 49.8 Å². The van der Waals surface area contributed by atoms with Crippen molar-refractivity contribution < 1.29 is 18.9 Å². The molecule has 0 atom stereocenters. The van der Waals surface area contributed by atoms with E-state index >= 15 is 0 Å². The van der Waals surface area contributed by atoms with E-state index in [0.717, 1.165) is 15.9 Å². The Labute approximate surface area is 202 Å². The lowest BCUT2D eigenvalue weighted by Crippen LogP contribution is -2.24. The van der Waals surface area contributed by atoms with Crippen molar-refractivity contribution >= 4 is 57.8 Å². The average Bonchev–Trinajstić information content (AvgIpc) is 3.50. The molecule has 2 aromatic heterocycles. The number of imide groups is 1. The zero-order valence-electron chi connectivity index (χ0n) is 17.8. The predicted octanol–water partition coefficient (Wildman–Crippen LogP) is 3.69. The second-order valence-electron chi connectivity index (χ2n) is 7.57. The molecule has 0 saturated heterocycles. The highest BCUT2D eigenvalue weighted by molar-refractivity contribution is 7.98. The highest BCUT2D eigenvalue weighted by Gasteiger charge is 2.32. The molecule has 0 fully saturated rings. The van der Waals surface area contributed by atoms with E-state index in [-0.39, 0.29) is 36.1 Å². The number of carbonyl (C=O) groups is 3. The minimum absolute atomic E-state index is 0.114. The summed E-state index contributed by atoms with van der Waals surface area (Å²) in [5.74, 6) is 0.259. The fraction of sp³-hybridized carbons (Fsp3) is 0.182. The summed E-state index contributed by atoms with van der Waals surface area (Å²) >= 11 is 7.42. The van der Waals surface area contributed by atoms with Crippen LogP contribution in [0.15, 0.2) is 46.1 Å². The number of benzene rings is 2. The van der Waals surface area contributed by atoms with Crippen molar-refractivity contribution in [2.24, 2.45) is 0 Å². The van der Waals surface area contributed by atoms with Crippen LogP contribution in [0.4, 0.5) is 5.69 Å². The summed E-state index contributed by atoms with van der Waals surface area (Å²) in [5.41, 5.74) is 2.71. The van der Waals surface area contributed by atoms with Gasteiger partial charge in [-0.25, -0.2) is 4.98 Å². The van der Waals surface area contributed by atoms with Gasteiger partial charge in [-0.2, -0.15) is 4.98 Å². The quantitative estimate of drug-likeness (QED) is 0.292. The number of carbonyl (C=O) groups excluding carboxylic acids is 3. The van der Waals surface area contributed by atoms with Gasteiger partial charge >= 0.3 is 0 Å². The zero-order valence-corrected chi connectivity index (χ0v) is 19.4. The largest absolute Gasteiger partial charge is 0.339 e. The number of thioether (sulfide) groups is 1. The molecule has 4 aromatic rings. The molecule has 172 valence electrons. The molecule has 10 nitrogen and oxygen atoms in total. The molecular formula is C22H17ClN6O4S. The number of aromatic nitrogens is 4. The van der Waals surface area contributed by atoms with Crippen LogP contribution in [0.25, 0.3) is 11.0 Å². The third kappa shape index (κ3) is 4.39. The first-order valence-corrected chi connectivity index (χ1v) is 11.6. The van der Waals surface area contributed by atoms with Gasteiger partial charge < -0.3 is 14.8 Å². The fourth-order valence-electron chi connectivity index (χ4n) is 3.49. The van der Waals surface area contributed by atoms with Crippen LogP contribution >= 0.6 is 23.4 Å². The number of hydrogen-bond donors (Lipinski definition) is 2. The molecule has 2 aromatic carbocycles. The first-order chi connectivity index (χ1) is 16.4. The van der Waals surface area contributed by atoms with E-state index in [4.69, 9.17) is 16.1 Å². The molecule has 1 aliphatic rings. The van der Waals surface area contributed by atoms with Crippen LogP contribution in [0.3, 0.4) is 0 Å². The molecule has 0 radical (unpaired) electrons. The first-order valence-electron chi connectivity index (χ1n) is 10.2. The van der Waals surface area contributed by atoms with Crippen molar-refractivity contribution in [2.45, 2.75) is 23.8 Å². The van der Waals surface area contributed by atoms with E-state index in [0.29, 0.717) is 38.9 Å². The smallest absolute Gasteiger partial charge is 0.261 e. The van der Waals surface area contributed by atoms with Gasteiger partial charge in [0.25, 0.3) is 11.8 Å². The van der Waals surface area contributed by atoms with Gasteiger partial charge in [-0.05, 0) is 36.4 Å². The summed E-state index contributed by atoms with van der Waals surface area (Å²) in [7, 11) is 1.42. The van der Waals surface area contributed by atoms with Crippen molar-refractivity contribution in [3.05, 3.63) is 64.3 Å². The summed E-state index contributed by atoms with van der Waals surface area (Å²) in [6.45, 7) is 0. The Morgan fingerprint density at radius 3 is 2.82 bits per heavy atom. The van der Waals surface area contributed by atoms with Gasteiger partial charge in [0, 0.05) is 30.6 Å². The van der Waals surface area contributed by atoms with Crippen LogP contribution in [0.1, 0.15) is 38.9 Å². The first kappa shape index (κ1) is 22.1. The highest BCUT2D eigenvalue weighted by Crippen LogP contribution is 2.26. The number of fused-ring (bicyclic) bond motifs is 2. The molecule has 3 heterocycles. The molecule has 0 spiro atoms. The zero-order chi connectivity index (χ0) is 23.8. The Kier molecular flexibility index (Phi) is 5.80. The second kappa shape index (κ2) is 8.92. The van der Waals surface area contributed by atoms with E-state index in [1.165, 1.54) is 30.9 Å². The molecule has 12 heteroatoms. The number of amides is 3. The number of aromatic amines is 1. The topological polar surface area (TPSA) is 134 Å². The van der Waals surface area contributed by atoms with Crippen molar-refractivity contribution in [3.63, 3.8) is 0 Å². The molecular weight excluding hydrogens is 480 g/mol. The molecule has 0 aliphatic carbocycles. The van der Waals surface area contributed by atoms with Gasteiger partial charge in [-0.1, -0.05) is 28.5 Å². The van der Waals surface area contributed by atoms with Crippen molar-refractivity contribution in [1.82, 2.24) is 25.0 Å². The van der Waals surface area contributed by atoms with Crippen molar-refractivity contribution in [3.8, 4) is 0 Å². The Morgan fingerprint density at radius 1 is 1.15 bits per heavy atom. The van der Waals surface area contributed by atoms with Gasteiger partial charge in [0.05, 0.1) is 27.9 Å². The fourth-order valence-corrected chi connectivity index (χ4v) is 4.39. The normalized spacial score (nSPS) is 13.1. The van der Waals surface area contributed by atoms with Crippen LogP contribution in [0.2, 0.25) is 5.02 Å². The monoisotopic (exact) mass is 496 g/mol. The molecule has 1 aliphatic heterocycles. The maximum atomic E-state index is 12.3. The van der Waals surface area contributed by atoms with Crippen LogP contribution in [0, 0.1) is 0 Å². The third-order valence-corrected chi connectivity index (χ3v) is 6.31. The summed E-state index contributed by atoms with van der Waals surface area (Å²) in [5, 5.41) is 8.02. The molecule has 0 saturated carbocycles. The lowest BCUT2D eigenvalue weighted by molar-refractivity contribution is -0.116. The maximum absolute atomic E-state index is 12.3. The van der Waals surface area contributed by atoms with Gasteiger partial charge in [0.15, 0.2) is 11.0 Å². The standard InChI is InChI=1S/C22H17ClN6O4S/c1-29-20(31)13-4-3-12(9-14(13)21(29)32)24-18(30)6-7-19-27-17(28-33-19)10-34-22-25-15-5-2-11(23)8-16(15)26-22/h2-5,8-9H,6-7,10H2,1H3,(H,24,30)(H,25,26). The second-order valence-corrected chi connectivity index (χ2v) is 8.97. The Hall–Kier alpha value is -3.70. The number of imidazole rings is 1. The van der Waals surface area contributed by atoms with Gasteiger partial charge in [0.1, 0.15) is 0 Å². The van der Waals surface area contributed by atoms with Gasteiger partial charge in [-0.15, -0.1) is 0 Å². The van der Waals surface area contributed by atoms with E-state index in [1.807, 2.05) is 12.1 Å². The highest BCUT2D eigenvalue weighted by atomic mass is 35.5. The number of halogens is 1. The van der Waals surface area contributed by atoms with E-state index in [9.17, 15) is 14.4 Å². The Balaban J connectivity index is 1.14. The Bertz CT molecular complexity index is 1450. The van der Waals surface area contributed by atoms with Gasteiger partial charge in [-0.3, -0.25) is 19.3 Å². The third-order valence-electron chi connectivity index (χ3n) is 5.21. The number of rotatable bonds is 7. The van der Waals surface area contributed by atoms with Crippen molar-refractivity contribution in [1.29, 1.82) is 0 Å². The summed E-state index contributed by atoms with van der Waals surface area (Å²) < 4.78 is 5.24. The number of aryl methyl sites for hydroxylation is 1. The molecule has 5 rings (SSSR count). The lowest BCUT2D eigenvalue weighted by Gasteiger charge is -2.05. The molecule has 0 bridgehead atoms. The van der Waals surface area contributed by atoms with Gasteiger partial charge in [0.2, 0.25) is 11.8 Å². The number of H-pyrrole nitrogens is 1. The number of nitrogens with one attached hydrogen (secondary N) is 2. The Morgan fingerprint density at radius 2 is 1.97 bits per heavy atom. The predicted molar refractivity (Wildman–Crippen MR) is 125 cm³/mol. The SMILES string of the molecule is CN1C(=O)c2ccc(NC(=O)CCc3nc(CSc4nc5ccc(Cl)cc5[nH]4)no3)cc2C1=O. The lowest BCUT2D eigenvalue weighted by atomic mass is 10.1. The average molecular weight is 497 g/mol. The van der Waals surface area contributed by atoms with E-state index < -0.39 is 0 Å². The van der Waals surface area contributed by atoms with Crippen LogP contribution < -0.4 is 5.32 Å². The summed E-state index contributed by atoms with van der Waals surface area (Å²) in [4.78, 5) is 49.4. The van der Waals surface area contributed by atoms with E-state index in [1.54, 1.807) is 12.1 Å². The van der Waals surface area contributed by atoms with Crippen LogP contribution in [-0.2, 0) is 17.0 Å². The summed E-state index contributed by atoms with van der Waals surface area (Å²) in [6, 6.07) is 10.1. The van der Waals surface area contributed by atoms with E-state index in [2.05, 4.69) is 25.4 Å².